The molecule has 0 aromatic heterocycles. The van der Waals surface area contributed by atoms with Crippen LogP contribution in [-0.2, 0) is 19.4 Å². The SMILES string of the molecule is O=C(Nc1ccccc1SC1CCCC1)[C@H]1CC(=O)N([C@H]2CCS(=O)(=O)C2)C1. The van der Waals surface area contributed by atoms with Crippen LogP contribution in [0.3, 0.4) is 0 Å². The molecule has 3 aliphatic rings. The molecule has 1 saturated carbocycles. The van der Waals surface area contributed by atoms with E-state index in [0.717, 1.165) is 10.6 Å². The summed E-state index contributed by atoms with van der Waals surface area (Å²) in [6.07, 6.45) is 5.59. The molecule has 3 fully saturated rings. The lowest BCUT2D eigenvalue weighted by atomic mass is 10.1. The van der Waals surface area contributed by atoms with Crippen LogP contribution in [0.5, 0.6) is 0 Å². The maximum absolute atomic E-state index is 12.8. The fourth-order valence-corrected chi connectivity index (χ4v) is 7.44. The molecule has 2 heterocycles. The predicted octanol–water partition coefficient (Wildman–Crippen LogP) is 2.70. The van der Waals surface area contributed by atoms with Crippen molar-refractivity contribution in [3.8, 4) is 0 Å². The zero-order valence-electron chi connectivity index (χ0n) is 15.8. The van der Waals surface area contributed by atoms with Gasteiger partial charge in [0.25, 0.3) is 0 Å². The van der Waals surface area contributed by atoms with Crippen molar-refractivity contribution in [3.63, 3.8) is 0 Å². The molecule has 1 aromatic carbocycles. The molecule has 1 aromatic rings. The number of hydrogen-bond acceptors (Lipinski definition) is 5. The van der Waals surface area contributed by atoms with Gasteiger partial charge in [-0.1, -0.05) is 25.0 Å². The van der Waals surface area contributed by atoms with E-state index in [1.54, 1.807) is 4.90 Å². The molecule has 6 nitrogen and oxygen atoms in total. The highest BCUT2D eigenvalue weighted by Gasteiger charge is 2.42. The van der Waals surface area contributed by atoms with E-state index in [1.165, 1.54) is 25.7 Å². The molecule has 152 valence electrons. The third kappa shape index (κ3) is 4.38. The number of amides is 2. The first-order chi connectivity index (χ1) is 13.4. The Morgan fingerprint density at radius 1 is 1.14 bits per heavy atom. The van der Waals surface area contributed by atoms with E-state index in [4.69, 9.17) is 0 Å². The molecule has 0 bridgehead atoms. The number of nitrogens with zero attached hydrogens (tertiary/aromatic N) is 1. The fraction of sp³-hybridized carbons (Fsp3) is 0.600. The van der Waals surface area contributed by atoms with Crippen molar-refractivity contribution in [1.82, 2.24) is 4.90 Å². The van der Waals surface area contributed by atoms with Gasteiger partial charge >= 0.3 is 0 Å². The Labute approximate surface area is 170 Å². The molecule has 2 aliphatic heterocycles. The van der Waals surface area contributed by atoms with E-state index in [2.05, 4.69) is 5.32 Å². The second kappa shape index (κ2) is 8.06. The van der Waals surface area contributed by atoms with E-state index >= 15 is 0 Å². The van der Waals surface area contributed by atoms with Gasteiger partial charge < -0.3 is 10.2 Å². The third-order valence-corrected chi connectivity index (χ3v) is 9.08. The maximum Gasteiger partial charge on any atom is 0.229 e. The van der Waals surface area contributed by atoms with Crippen LogP contribution < -0.4 is 5.32 Å². The normalized spacial score (nSPS) is 27.4. The van der Waals surface area contributed by atoms with Crippen molar-refractivity contribution in [2.24, 2.45) is 5.92 Å². The Morgan fingerprint density at radius 3 is 2.61 bits per heavy atom. The van der Waals surface area contributed by atoms with Gasteiger partial charge in [-0.15, -0.1) is 11.8 Å². The predicted molar refractivity (Wildman–Crippen MR) is 110 cm³/mol. The van der Waals surface area contributed by atoms with Crippen molar-refractivity contribution in [2.45, 2.75) is 54.7 Å². The summed E-state index contributed by atoms with van der Waals surface area (Å²) in [5.74, 6) is -0.551. The lowest BCUT2D eigenvalue weighted by Crippen LogP contribution is -2.38. The highest BCUT2D eigenvalue weighted by molar-refractivity contribution is 8.00. The standard InChI is InChI=1S/C20H26N2O4S2/c23-19-11-14(12-22(19)15-9-10-28(25,26)13-15)20(24)21-17-7-3-4-8-18(17)27-16-5-1-2-6-16/h3-4,7-8,14-16H,1-2,5-6,9-13H2,(H,21,24)/t14-,15-/m0/s1. The minimum absolute atomic E-state index is 0.0218. The smallest absolute Gasteiger partial charge is 0.229 e. The molecule has 0 radical (unpaired) electrons. The summed E-state index contributed by atoms with van der Waals surface area (Å²) < 4.78 is 23.4. The highest BCUT2D eigenvalue weighted by Crippen LogP contribution is 2.38. The van der Waals surface area contributed by atoms with E-state index < -0.39 is 15.8 Å². The monoisotopic (exact) mass is 422 g/mol. The summed E-state index contributed by atoms with van der Waals surface area (Å²) in [7, 11) is -3.06. The van der Waals surface area contributed by atoms with Gasteiger partial charge in [-0.05, 0) is 31.4 Å². The van der Waals surface area contributed by atoms with Gasteiger partial charge in [-0.25, -0.2) is 8.42 Å². The number of anilines is 1. The van der Waals surface area contributed by atoms with E-state index in [9.17, 15) is 18.0 Å². The number of benzene rings is 1. The number of likely N-dealkylation sites (tertiary alicyclic amines) is 1. The third-order valence-electron chi connectivity index (χ3n) is 5.92. The van der Waals surface area contributed by atoms with Gasteiger partial charge in [0, 0.05) is 29.2 Å². The van der Waals surface area contributed by atoms with Crippen LogP contribution >= 0.6 is 11.8 Å². The number of para-hydroxylation sites is 1. The number of hydrogen-bond donors (Lipinski definition) is 1. The second-order valence-corrected chi connectivity index (χ2v) is 11.6. The molecule has 0 unspecified atom stereocenters. The lowest BCUT2D eigenvalue weighted by Gasteiger charge is -2.23. The number of thioether (sulfide) groups is 1. The molecule has 8 heteroatoms. The average Bonchev–Trinajstić information content (AvgIpc) is 3.37. The minimum Gasteiger partial charge on any atom is -0.338 e. The van der Waals surface area contributed by atoms with Crippen LogP contribution in [0, 0.1) is 5.92 Å². The Morgan fingerprint density at radius 2 is 1.89 bits per heavy atom. The molecule has 2 atom stereocenters. The Hall–Kier alpha value is -1.54. The van der Waals surface area contributed by atoms with Crippen molar-refractivity contribution in [1.29, 1.82) is 0 Å². The maximum atomic E-state index is 12.8. The van der Waals surface area contributed by atoms with Crippen molar-refractivity contribution in [3.05, 3.63) is 24.3 Å². The Kier molecular flexibility index (Phi) is 5.69. The second-order valence-electron chi connectivity index (χ2n) is 8.01. The quantitative estimate of drug-likeness (QED) is 0.789. The molecule has 1 N–H and O–H groups in total. The minimum atomic E-state index is -3.06. The summed E-state index contributed by atoms with van der Waals surface area (Å²) in [4.78, 5) is 27.9. The molecular formula is C20H26N2O4S2. The van der Waals surface area contributed by atoms with Crippen LogP contribution in [0.1, 0.15) is 38.5 Å². The van der Waals surface area contributed by atoms with Crippen molar-refractivity contribution in [2.75, 3.05) is 23.4 Å². The average molecular weight is 423 g/mol. The first-order valence-corrected chi connectivity index (χ1v) is 12.7. The molecule has 1 aliphatic carbocycles. The van der Waals surface area contributed by atoms with Gasteiger partial charge in [-0.2, -0.15) is 0 Å². The van der Waals surface area contributed by atoms with Crippen LogP contribution in [-0.4, -0.2) is 54.5 Å². The zero-order valence-corrected chi connectivity index (χ0v) is 17.4. The first kappa shape index (κ1) is 19.8. The highest BCUT2D eigenvalue weighted by atomic mass is 32.2. The van der Waals surface area contributed by atoms with Crippen LogP contribution in [0.25, 0.3) is 0 Å². The summed E-state index contributed by atoms with van der Waals surface area (Å²) in [6, 6.07) is 7.56. The largest absolute Gasteiger partial charge is 0.338 e. The number of carbonyl (C=O) groups is 2. The van der Waals surface area contributed by atoms with E-state index in [1.807, 2.05) is 36.0 Å². The number of nitrogens with one attached hydrogen (secondary N) is 1. The molecule has 0 spiro atoms. The lowest BCUT2D eigenvalue weighted by molar-refractivity contribution is -0.129. The van der Waals surface area contributed by atoms with Gasteiger partial charge in [0.15, 0.2) is 9.84 Å². The van der Waals surface area contributed by atoms with Gasteiger partial charge in [0.1, 0.15) is 0 Å². The number of rotatable bonds is 5. The summed E-state index contributed by atoms with van der Waals surface area (Å²) >= 11 is 1.82. The summed E-state index contributed by atoms with van der Waals surface area (Å²) in [5.41, 5.74) is 0.804. The van der Waals surface area contributed by atoms with Gasteiger partial charge in [0.2, 0.25) is 11.8 Å². The Balaban J connectivity index is 1.40. The van der Waals surface area contributed by atoms with Crippen molar-refractivity contribution < 1.29 is 18.0 Å². The zero-order chi connectivity index (χ0) is 19.7. The molecule has 2 saturated heterocycles. The van der Waals surface area contributed by atoms with Gasteiger partial charge in [0.05, 0.1) is 23.1 Å². The van der Waals surface area contributed by atoms with Crippen LogP contribution in [0.2, 0.25) is 0 Å². The first-order valence-electron chi connectivity index (χ1n) is 9.98. The topological polar surface area (TPSA) is 83.6 Å². The molecule has 28 heavy (non-hydrogen) atoms. The van der Waals surface area contributed by atoms with Crippen molar-refractivity contribution >= 4 is 39.1 Å². The van der Waals surface area contributed by atoms with E-state index in [-0.39, 0.29) is 35.8 Å². The summed E-state index contributed by atoms with van der Waals surface area (Å²) in [5, 5.41) is 3.62. The molecular weight excluding hydrogens is 396 g/mol. The van der Waals surface area contributed by atoms with Crippen LogP contribution in [0.4, 0.5) is 5.69 Å². The van der Waals surface area contributed by atoms with E-state index in [0.29, 0.717) is 18.2 Å². The molecule has 4 rings (SSSR count). The van der Waals surface area contributed by atoms with Gasteiger partial charge in [-0.3, -0.25) is 9.59 Å². The summed E-state index contributed by atoms with van der Waals surface area (Å²) in [6.45, 7) is 0.308. The Bertz CT molecular complexity index is 865. The number of sulfone groups is 1. The van der Waals surface area contributed by atoms with Crippen LogP contribution in [0.15, 0.2) is 29.2 Å². The fourth-order valence-electron chi connectivity index (χ4n) is 4.37. The molecule has 2 amide bonds. The number of carbonyl (C=O) groups excluding carboxylic acids is 2.